The fraction of sp³-hybridized carbons (Fsp3) is 0.500. The number of hydrogen-bond donors (Lipinski definition) is 1. The predicted molar refractivity (Wildman–Crippen MR) is 87.4 cm³/mol. The zero-order valence-corrected chi connectivity index (χ0v) is 14.3. The number of nitrogens with zero attached hydrogens (tertiary/aromatic N) is 1. The Hall–Kier alpha value is -1.35. The molecular weight excluding hydrogens is 344 g/mol. The summed E-state index contributed by atoms with van der Waals surface area (Å²) in [6.07, 6.45) is -0.122. The van der Waals surface area contributed by atoms with Crippen LogP contribution in [0.4, 0.5) is 5.69 Å². The summed E-state index contributed by atoms with van der Waals surface area (Å²) < 4.78 is 35.8. The van der Waals surface area contributed by atoms with Crippen LogP contribution in [-0.4, -0.2) is 57.8 Å². The van der Waals surface area contributed by atoms with E-state index < -0.39 is 10.0 Å². The smallest absolute Gasteiger partial charge is 0.225 e. The second-order valence-electron chi connectivity index (χ2n) is 4.97. The molecule has 1 heterocycles. The van der Waals surface area contributed by atoms with E-state index in [2.05, 4.69) is 5.32 Å². The Balaban J connectivity index is 1.88. The third-order valence-electron chi connectivity index (χ3n) is 3.39. The van der Waals surface area contributed by atoms with Crippen LogP contribution in [0.5, 0.6) is 5.75 Å². The number of nitrogens with one attached hydrogen (secondary N) is 1. The lowest BCUT2D eigenvalue weighted by molar-refractivity contribution is -0.115. The molecule has 0 aliphatic carbocycles. The van der Waals surface area contributed by atoms with Crippen LogP contribution in [0.2, 0.25) is 5.02 Å². The Labute approximate surface area is 140 Å². The fourth-order valence-corrected chi connectivity index (χ4v) is 3.81. The summed E-state index contributed by atoms with van der Waals surface area (Å²) in [7, 11) is -1.95. The number of hydrogen-bond acceptors (Lipinski definition) is 5. The molecule has 128 valence electrons. The minimum atomic E-state index is -3.44. The molecule has 7 nitrogen and oxygen atoms in total. The van der Waals surface area contributed by atoms with Gasteiger partial charge in [0.05, 0.1) is 31.1 Å². The van der Waals surface area contributed by atoms with Crippen molar-refractivity contribution in [1.29, 1.82) is 0 Å². The number of rotatable bonds is 6. The number of amides is 1. The average Bonchev–Trinajstić information content (AvgIpc) is 2.54. The molecule has 0 atom stereocenters. The summed E-state index contributed by atoms with van der Waals surface area (Å²) >= 11 is 5.97. The fourth-order valence-electron chi connectivity index (χ4n) is 2.14. The van der Waals surface area contributed by atoms with Gasteiger partial charge in [-0.3, -0.25) is 4.79 Å². The monoisotopic (exact) mass is 362 g/mol. The van der Waals surface area contributed by atoms with E-state index in [9.17, 15) is 13.2 Å². The van der Waals surface area contributed by atoms with Gasteiger partial charge in [-0.15, -0.1) is 0 Å². The molecule has 0 radical (unpaired) electrons. The second kappa shape index (κ2) is 7.96. The SMILES string of the molecule is COc1ccc(NC(=O)CCS(=O)(=O)N2CCOCC2)cc1Cl. The third kappa shape index (κ3) is 5.07. The number of anilines is 1. The van der Waals surface area contributed by atoms with Gasteiger partial charge < -0.3 is 14.8 Å². The molecule has 9 heteroatoms. The first kappa shape index (κ1) is 18.0. The summed E-state index contributed by atoms with van der Waals surface area (Å²) in [5.41, 5.74) is 0.490. The van der Waals surface area contributed by atoms with Gasteiger partial charge in [-0.2, -0.15) is 4.31 Å². The Morgan fingerprint density at radius 2 is 2.09 bits per heavy atom. The summed E-state index contributed by atoms with van der Waals surface area (Å²) in [4.78, 5) is 11.9. The maximum Gasteiger partial charge on any atom is 0.225 e. The van der Waals surface area contributed by atoms with Gasteiger partial charge in [-0.25, -0.2) is 8.42 Å². The normalized spacial score (nSPS) is 16.1. The molecule has 2 rings (SSSR count). The van der Waals surface area contributed by atoms with Crippen molar-refractivity contribution in [1.82, 2.24) is 4.31 Å². The molecule has 0 spiro atoms. The van der Waals surface area contributed by atoms with Gasteiger partial charge in [-0.05, 0) is 18.2 Å². The molecule has 1 aliphatic rings. The minimum Gasteiger partial charge on any atom is -0.495 e. The van der Waals surface area contributed by atoms with Gasteiger partial charge >= 0.3 is 0 Å². The van der Waals surface area contributed by atoms with Crippen molar-refractivity contribution in [3.8, 4) is 5.75 Å². The van der Waals surface area contributed by atoms with E-state index in [4.69, 9.17) is 21.1 Å². The molecule has 23 heavy (non-hydrogen) atoms. The van der Waals surface area contributed by atoms with E-state index in [-0.39, 0.29) is 18.1 Å². The summed E-state index contributed by atoms with van der Waals surface area (Å²) in [5.74, 6) is -0.120. The lowest BCUT2D eigenvalue weighted by Gasteiger charge is -2.25. The lowest BCUT2D eigenvalue weighted by atomic mass is 10.3. The van der Waals surface area contributed by atoms with Gasteiger partial charge in [-0.1, -0.05) is 11.6 Å². The molecule has 1 aromatic carbocycles. The minimum absolute atomic E-state index is 0.122. The van der Waals surface area contributed by atoms with Crippen LogP contribution in [0.3, 0.4) is 0 Å². The van der Waals surface area contributed by atoms with Crippen LogP contribution in [0.1, 0.15) is 6.42 Å². The van der Waals surface area contributed by atoms with Gasteiger partial charge in [0.2, 0.25) is 15.9 Å². The predicted octanol–water partition coefficient (Wildman–Crippen LogP) is 1.34. The van der Waals surface area contributed by atoms with Crippen LogP contribution in [0.15, 0.2) is 18.2 Å². The van der Waals surface area contributed by atoms with E-state index >= 15 is 0 Å². The quantitative estimate of drug-likeness (QED) is 0.825. The highest BCUT2D eigenvalue weighted by molar-refractivity contribution is 7.89. The average molecular weight is 363 g/mol. The first-order valence-electron chi connectivity index (χ1n) is 7.11. The van der Waals surface area contributed by atoms with Crippen LogP contribution in [0.25, 0.3) is 0 Å². The molecule has 1 amide bonds. The standard InChI is InChI=1S/C14H19ClN2O5S/c1-21-13-3-2-11(10-12(13)15)16-14(18)4-9-23(19,20)17-5-7-22-8-6-17/h2-3,10H,4-9H2,1H3,(H,16,18). The molecule has 0 saturated carbocycles. The number of sulfonamides is 1. The topological polar surface area (TPSA) is 84.9 Å². The lowest BCUT2D eigenvalue weighted by Crippen LogP contribution is -2.42. The van der Waals surface area contributed by atoms with Crippen LogP contribution in [-0.2, 0) is 19.6 Å². The zero-order chi connectivity index (χ0) is 16.9. The number of morpholine rings is 1. The van der Waals surface area contributed by atoms with Gasteiger partial charge in [0, 0.05) is 25.2 Å². The summed E-state index contributed by atoms with van der Waals surface area (Å²) in [6.45, 7) is 1.43. The Morgan fingerprint density at radius 3 is 2.70 bits per heavy atom. The van der Waals surface area contributed by atoms with Crippen LogP contribution < -0.4 is 10.1 Å². The molecule has 1 saturated heterocycles. The van der Waals surface area contributed by atoms with Crippen LogP contribution in [0, 0.1) is 0 Å². The van der Waals surface area contributed by atoms with Gasteiger partial charge in [0.15, 0.2) is 0 Å². The zero-order valence-electron chi connectivity index (χ0n) is 12.7. The van der Waals surface area contributed by atoms with Crippen molar-refractivity contribution in [3.63, 3.8) is 0 Å². The van der Waals surface area contributed by atoms with Crippen molar-refractivity contribution in [2.45, 2.75) is 6.42 Å². The Morgan fingerprint density at radius 1 is 1.39 bits per heavy atom. The largest absolute Gasteiger partial charge is 0.495 e. The highest BCUT2D eigenvalue weighted by Crippen LogP contribution is 2.27. The van der Waals surface area contributed by atoms with Crippen molar-refractivity contribution in [2.24, 2.45) is 0 Å². The number of benzene rings is 1. The number of carbonyl (C=O) groups excluding carboxylic acids is 1. The van der Waals surface area contributed by atoms with Crippen molar-refractivity contribution in [3.05, 3.63) is 23.2 Å². The molecule has 1 fully saturated rings. The third-order valence-corrected chi connectivity index (χ3v) is 5.55. The Kier molecular flexibility index (Phi) is 6.23. The molecule has 0 bridgehead atoms. The second-order valence-corrected chi connectivity index (χ2v) is 7.47. The van der Waals surface area contributed by atoms with E-state index in [1.165, 1.54) is 11.4 Å². The van der Waals surface area contributed by atoms with Crippen molar-refractivity contribution >= 4 is 33.2 Å². The maximum absolute atomic E-state index is 12.1. The molecule has 0 unspecified atom stereocenters. The maximum atomic E-state index is 12.1. The van der Waals surface area contributed by atoms with Crippen molar-refractivity contribution in [2.75, 3.05) is 44.5 Å². The van der Waals surface area contributed by atoms with E-state index in [0.717, 1.165) is 0 Å². The highest BCUT2D eigenvalue weighted by Gasteiger charge is 2.24. The first-order chi connectivity index (χ1) is 10.9. The van der Waals surface area contributed by atoms with Gasteiger partial charge in [0.25, 0.3) is 0 Å². The number of carbonyl (C=O) groups is 1. The molecular formula is C14H19ClN2O5S. The van der Waals surface area contributed by atoms with E-state index in [1.807, 2.05) is 0 Å². The first-order valence-corrected chi connectivity index (χ1v) is 9.10. The highest BCUT2D eigenvalue weighted by atomic mass is 35.5. The Bertz CT molecular complexity index is 659. The molecule has 1 aromatic rings. The number of ether oxygens (including phenoxy) is 2. The molecule has 1 aliphatic heterocycles. The molecule has 1 N–H and O–H groups in total. The van der Waals surface area contributed by atoms with E-state index in [0.29, 0.717) is 42.8 Å². The summed E-state index contributed by atoms with van der Waals surface area (Å²) in [5, 5.41) is 2.99. The number of halogens is 1. The summed E-state index contributed by atoms with van der Waals surface area (Å²) in [6, 6.07) is 4.82. The van der Waals surface area contributed by atoms with E-state index in [1.54, 1.807) is 18.2 Å². The molecule has 0 aromatic heterocycles. The van der Waals surface area contributed by atoms with Crippen molar-refractivity contribution < 1.29 is 22.7 Å². The number of methoxy groups -OCH3 is 1. The van der Waals surface area contributed by atoms with Crippen LogP contribution >= 0.6 is 11.6 Å². The van der Waals surface area contributed by atoms with Gasteiger partial charge in [0.1, 0.15) is 5.75 Å².